The smallest absolute Gasteiger partial charge is 0.317 e. The number of hydrogen-bond donors (Lipinski definition) is 9. The molecule has 1 aliphatic heterocycles. The van der Waals surface area contributed by atoms with Gasteiger partial charge in [-0.2, -0.15) is 0 Å². The summed E-state index contributed by atoms with van der Waals surface area (Å²) in [7, 11) is 0. The van der Waals surface area contributed by atoms with Crippen molar-refractivity contribution in [3.05, 3.63) is 34.3 Å². The number of amides is 5. The molecule has 2 atom stereocenters. The first-order chi connectivity index (χ1) is 63.5. The summed E-state index contributed by atoms with van der Waals surface area (Å²) in [5, 5.41) is 46.4. The molecule has 0 unspecified atom stereocenters. The molecular formula is C88H159BrN10O32. The fourth-order valence-electron chi connectivity index (χ4n) is 12.1. The predicted molar refractivity (Wildman–Crippen MR) is 486 cm³/mol. The van der Waals surface area contributed by atoms with Crippen molar-refractivity contribution in [3.8, 4) is 0 Å². The number of ketones is 1. The van der Waals surface area contributed by atoms with Crippen molar-refractivity contribution in [2.75, 3.05) is 369 Å². The molecule has 0 saturated carbocycles. The number of carboxylic acid groups (broad SMARTS) is 3. The lowest BCUT2D eigenvalue weighted by atomic mass is 9.94. The summed E-state index contributed by atoms with van der Waals surface area (Å²) in [4.78, 5) is 119. The van der Waals surface area contributed by atoms with Gasteiger partial charge in [-0.1, -0.05) is 41.9 Å². The van der Waals surface area contributed by atoms with Gasteiger partial charge in [-0.25, -0.2) is 0 Å². The van der Waals surface area contributed by atoms with E-state index >= 15 is 0 Å². The second-order valence-corrected chi connectivity index (χ2v) is 32.4. The minimum Gasteiger partial charge on any atom is -0.480 e. The second kappa shape index (κ2) is 85.8. The van der Waals surface area contributed by atoms with Crippen LogP contribution in [0.5, 0.6) is 0 Å². The molecule has 1 saturated heterocycles. The Kier molecular flexibility index (Phi) is 79.3. The largest absolute Gasteiger partial charge is 0.480 e. The van der Waals surface area contributed by atoms with Crippen LogP contribution in [-0.4, -0.2) is 475 Å². The molecule has 760 valence electrons. The number of hydrogen-bond acceptors (Lipinski definition) is 34. The van der Waals surface area contributed by atoms with Crippen molar-refractivity contribution in [1.29, 1.82) is 0 Å². The highest BCUT2D eigenvalue weighted by Crippen LogP contribution is 2.14. The Hall–Kier alpha value is -5.87. The topological polar surface area (TPSA) is 484 Å². The summed E-state index contributed by atoms with van der Waals surface area (Å²) in [6.07, 6.45) is 3.74. The molecule has 42 nitrogen and oxygen atoms in total. The highest BCUT2D eigenvalue weighted by atomic mass is 79.9. The molecule has 1 aromatic rings. The number of unbranched alkanes of at least 4 members (excludes halogenated alkanes) is 2. The molecule has 0 aliphatic carbocycles. The number of aliphatic carboxylic acids is 3. The van der Waals surface area contributed by atoms with Gasteiger partial charge in [0.25, 0.3) is 0 Å². The van der Waals surface area contributed by atoms with E-state index in [0.29, 0.717) is 244 Å². The predicted octanol–water partition coefficient (Wildman–Crippen LogP) is 0.461. The van der Waals surface area contributed by atoms with E-state index in [1.54, 1.807) is 14.7 Å². The summed E-state index contributed by atoms with van der Waals surface area (Å²) in [5.41, 5.74) is 0.782. The van der Waals surface area contributed by atoms with E-state index in [1.165, 1.54) is 0 Å². The Balaban J connectivity index is 1.55. The monoisotopic (exact) mass is 1950 g/mol. The molecule has 131 heavy (non-hydrogen) atoms. The molecule has 0 bridgehead atoms. The first kappa shape index (κ1) is 121. The van der Waals surface area contributed by atoms with Gasteiger partial charge in [-0.3, -0.25) is 62.8 Å². The molecule has 2 rings (SSSR count). The van der Waals surface area contributed by atoms with Crippen LogP contribution < -0.4 is 31.9 Å². The molecule has 43 heteroatoms. The van der Waals surface area contributed by atoms with E-state index in [-0.39, 0.29) is 198 Å². The fourth-order valence-corrected chi connectivity index (χ4v) is 12.4. The minimum atomic E-state index is -1.06. The van der Waals surface area contributed by atoms with E-state index in [4.69, 9.17) is 94.7 Å². The Labute approximate surface area is 783 Å². The number of halogens is 1. The van der Waals surface area contributed by atoms with Gasteiger partial charge in [0.2, 0.25) is 29.5 Å². The van der Waals surface area contributed by atoms with Crippen LogP contribution in [0.15, 0.2) is 28.7 Å². The third-order valence-corrected chi connectivity index (χ3v) is 19.4. The normalized spacial score (nSPS) is 13.9. The van der Waals surface area contributed by atoms with Crippen molar-refractivity contribution >= 4 is 69.2 Å². The van der Waals surface area contributed by atoms with Crippen LogP contribution in [0.1, 0.15) is 85.1 Å². The van der Waals surface area contributed by atoms with Gasteiger partial charge in [0.05, 0.1) is 296 Å². The van der Waals surface area contributed by atoms with E-state index < -0.39 is 35.8 Å². The fraction of sp³-hybridized carbons (Fsp3) is 0.830. The van der Waals surface area contributed by atoms with Crippen LogP contribution in [0.25, 0.3) is 0 Å². The third kappa shape index (κ3) is 80.0. The molecule has 0 aromatic heterocycles. The van der Waals surface area contributed by atoms with E-state index in [1.807, 2.05) is 63.8 Å². The summed E-state index contributed by atoms with van der Waals surface area (Å²) < 4.78 is 112. The van der Waals surface area contributed by atoms with Crippen LogP contribution in [0, 0.1) is 5.92 Å². The standard InChI is InChI=1S/C88H159BrN10O32/c1-74(2)86(110)77(95-88(3,4)5)10-6-8-18-91-82(103)73-131-67-66-130-65-64-129-63-62-128-61-60-123-49-46-120-43-40-117-37-34-114-31-20-93-87(111)78(11-7-9-17-90-81(102)69-96-21-23-97(70-83(104)105)25-27-99(72-85(108)109)28-26-98(24-22-96)71-84(106)107)94-79(100)16-29-112-32-35-115-38-41-118-44-47-121-50-52-124-54-56-126-58-59-127-57-55-125-53-51-122-48-45-119-42-39-116-36-33-113-30-19-92-80(101)68-75-12-14-76(89)15-13-75/h12-15,74,77-78,95H,6-11,16-73H2,1-5H3,(H,90,102)(H,91,103)(H,92,101)(H,93,111)(H,94,100)(H,104,105)(H,106,107)(H,108,109)/t77-,78-/m1/s1. The number of benzene rings is 1. The van der Waals surface area contributed by atoms with Gasteiger partial charge < -0.3 is 142 Å². The van der Waals surface area contributed by atoms with Crippen molar-refractivity contribution in [2.45, 2.75) is 104 Å². The Morgan fingerprint density at radius 3 is 0.916 bits per heavy atom. The number of rotatable bonds is 90. The van der Waals surface area contributed by atoms with E-state index in [9.17, 15) is 58.5 Å². The summed E-state index contributed by atoms with van der Waals surface area (Å²) in [6, 6.07) is 6.53. The van der Waals surface area contributed by atoms with Gasteiger partial charge in [-0.05, 0) is 77.0 Å². The van der Waals surface area contributed by atoms with Crippen LogP contribution in [0.4, 0.5) is 0 Å². The van der Waals surface area contributed by atoms with Gasteiger partial charge in [0.15, 0.2) is 5.78 Å². The average molecular weight is 1950 g/mol. The van der Waals surface area contributed by atoms with Crippen LogP contribution in [0.3, 0.4) is 0 Å². The first-order valence-electron chi connectivity index (χ1n) is 46.0. The molecular weight excluding hydrogens is 1790 g/mol. The van der Waals surface area contributed by atoms with Crippen molar-refractivity contribution in [1.82, 2.24) is 51.5 Å². The minimum absolute atomic E-state index is 0.0273. The maximum absolute atomic E-state index is 13.6. The number of carbonyl (C=O) groups is 9. The number of Topliss-reactive ketones (excluding diaryl/α,β-unsaturated/α-hetero) is 1. The van der Waals surface area contributed by atoms with Crippen molar-refractivity contribution in [3.63, 3.8) is 0 Å². The van der Waals surface area contributed by atoms with Gasteiger partial charge >= 0.3 is 17.9 Å². The number of ether oxygens (including phenoxy) is 20. The molecule has 1 aliphatic rings. The molecule has 1 aromatic carbocycles. The highest BCUT2D eigenvalue weighted by molar-refractivity contribution is 9.10. The SMILES string of the molecule is CC(C)C(=O)[C@@H](CCCCNC(=O)COCCOCCOCCOCCOCCOCCOCCOCCNC(=O)[C@@H](CCCCNC(=O)CN1CCN(CC(=O)O)CCN(CC(=O)O)CCN(CC(=O)O)CC1)NC(=O)CCOCCOCCOCCOCCOCCOCCOCCOCCOCCOCCOCCOCCNC(=O)Cc1ccc(Br)cc1)NC(C)(C)C. The zero-order valence-corrected chi connectivity index (χ0v) is 80.2. The molecule has 0 spiro atoms. The highest BCUT2D eigenvalue weighted by Gasteiger charge is 2.27. The molecule has 9 N–H and O–H groups in total. The molecule has 0 radical (unpaired) electrons. The van der Waals surface area contributed by atoms with Crippen molar-refractivity contribution in [2.24, 2.45) is 5.92 Å². The second-order valence-electron chi connectivity index (χ2n) is 31.5. The van der Waals surface area contributed by atoms with Crippen molar-refractivity contribution < 1.29 is 153 Å². The summed E-state index contributed by atoms with van der Waals surface area (Å²) in [6.45, 7) is 26.8. The molecule has 1 heterocycles. The Morgan fingerprint density at radius 2 is 0.603 bits per heavy atom. The number of carboxylic acids is 3. The quantitative estimate of drug-likeness (QED) is 0.0400. The lowest BCUT2D eigenvalue weighted by Crippen LogP contribution is -2.49. The zero-order chi connectivity index (χ0) is 95.4. The lowest BCUT2D eigenvalue weighted by molar-refractivity contribution is -0.140. The van der Waals surface area contributed by atoms with E-state index in [0.717, 1.165) is 29.3 Å². The number of nitrogens with one attached hydrogen (secondary N) is 6. The summed E-state index contributed by atoms with van der Waals surface area (Å²) in [5.74, 6) is -4.40. The summed E-state index contributed by atoms with van der Waals surface area (Å²) >= 11 is 3.39. The maximum atomic E-state index is 13.6. The third-order valence-electron chi connectivity index (χ3n) is 18.8. The first-order valence-corrected chi connectivity index (χ1v) is 46.8. The zero-order valence-electron chi connectivity index (χ0n) is 78.6. The van der Waals surface area contributed by atoms with Crippen LogP contribution in [-0.2, 0) is 144 Å². The van der Waals surface area contributed by atoms with Crippen LogP contribution >= 0.6 is 15.9 Å². The van der Waals surface area contributed by atoms with Gasteiger partial charge in [0.1, 0.15) is 12.6 Å². The van der Waals surface area contributed by atoms with Gasteiger partial charge in [0, 0.05) is 101 Å². The Morgan fingerprint density at radius 1 is 0.328 bits per heavy atom. The number of nitrogens with zero attached hydrogens (tertiary/aromatic N) is 4. The maximum Gasteiger partial charge on any atom is 0.317 e. The Bertz CT molecular complexity index is 2970. The molecule has 1 fully saturated rings. The van der Waals surface area contributed by atoms with Gasteiger partial charge in [-0.15, -0.1) is 0 Å². The van der Waals surface area contributed by atoms with E-state index in [2.05, 4.69) is 47.8 Å². The lowest BCUT2D eigenvalue weighted by Gasteiger charge is -2.32. The molecule has 5 amide bonds. The number of carbonyl (C=O) groups excluding carboxylic acids is 6. The average Bonchev–Trinajstić information content (AvgIpc) is 0.889. The van der Waals surface area contributed by atoms with Crippen LogP contribution in [0.2, 0.25) is 0 Å².